The second-order valence-electron chi connectivity index (χ2n) is 5.44. The minimum absolute atomic E-state index is 0.297. The molecular weight excluding hydrogens is 399 g/mol. The van der Waals surface area contributed by atoms with E-state index in [-0.39, 0.29) is 5.92 Å². The largest absolute Gasteiger partial charge is 0.467 e. The van der Waals surface area contributed by atoms with Gasteiger partial charge < -0.3 is 4.74 Å². The summed E-state index contributed by atoms with van der Waals surface area (Å²) in [5.41, 5.74) is 2.71. The van der Waals surface area contributed by atoms with Crippen LogP contribution in [-0.4, -0.2) is 13.1 Å². The molecule has 2 nitrogen and oxygen atoms in total. The summed E-state index contributed by atoms with van der Waals surface area (Å²) in [7, 11) is 1.34. The average molecular weight is 416 g/mol. The van der Waals surface area contributed by atoms with E-state index in [0.29, 0.717) is 10.6 Å². The Labute approximate surface area is 154 Å². The minimum atomic E-state index is -1.33. The Bertz CT molecular complexity index is 715. The molecule has 0 radical (unpaired) electrons. The zero-order valence-corrected chi connectivity index (χ0v) is 16.2. The molecule has 0 N–H and O–H groups in total. The molecule has 0 aromatic heterocycles. The Balaban J connectivity index is 2.55. The van der Waals surface area contributed by atoms with E-state index in [1.165, 1.54) is 7.11 Å². The van der Waals surface area contributed by atoms with Crippen molar-refractivity contribution in [1.29, 1.82) is 0 Å². The number of halogens is 3. The van der Waals surface area contributed by atoms with Gasteiger partial charge in [0, 0.05) is 15.4 Å². The number of rotatable bonds is 4. The molecule has 0 amide bonds. The number of esters is 1. The summed E-state index contributed by atoms with van der Waals surface area (Å²) in [4.78, 5) is 11.2. The molecule has 2 aromatic rings. The molecule has 0 fully saturated rings. The molecule has 2 unspecified atom stereocenters. The number of carbonyl (C=O) groups is 1. The van der Waals surface area contributed by atoms with Gasteiger partial charge in [-0.3, -0.25) is 0 Å². The molecular formula is C18H17BrCl2O2. The first kappa shape index (κ1) is 18.3. The second-order valence-corrected chi connectivity index (χ2v) is 7.33. The highest BCUT2D eigenvalue weighted by Gasteiger charge is 2.45. The molecule has 0 aliphatic heterocycles. The van der Waals surface area contributed by atoms with Crippen LogP contribution in [0, 0.1) is 6.92 Å². The lowest BCUT2D eigenvalue weighted by Gasteiger charge is -2.31. The van der Waals surface area contributed by atoms with Crippen LogP contribution in [0.3, 0.4) is 0 Å². The second kappa shape index (κ2) is 7.25. The van der Waals surface area contributed by atoms with E-state index in [1.54, 1.807) is 24.3 Å². The third-order valence-corrected chi connectivity index (χ3v) is 5.85. The van der Waals surface area contributed by atoms with Crippen molar-refractivity contribution in [1.82, 2.24) is 0 Å². The van der Waals surface area contributed by atoms with E-state index in [0.717, 1.165) is 15.6 Å². The van der Waals surface area contributed by atoms with Crippen molar-refractivity contribution >= 4 is 45.1 Å². The van der Waals surface area contributed by atoms with Crippen LogP contribution in [0.2, 0.25) is 5.02 Å². The summed E-state index contributed by atoms with van der Waals surface area (Å²) < 4.78 is 5.95. The Morgan fingerprint density at radius 3 is 2.35 bits per heavy atom. The Morgan fingerprint density at radius 1 is 1.22 bits per heavy atom. The summed E-state index contributed by atoms with van der Waals surface area (Å²) in [5.74, 6) is -0.791. The molecule has 0 saturated carbocycles. The van der Waals surface area contributed by atoms with Crippen molar-refractivity contribution in [3.63, 3.8) is 0 Å². The third-order valence-electron chi connectivity index (χ3n) is 4.04. The number of benzene rings is 2. The van der Waals surface area contributed by atoms with Crippen molar-refractivity contribution in [3.8, 4) is 0 Å². The zero-order chi connectivity index (χ0) is 17.2. The number of hydrogen-bond acceptors (Lipinski definition) is 2. The summed E-state index contributed by atoms with van der Waals surface area (Å²) in [6.07, 6.45) is 0. The van der Waals surface area contributed by atoms with Gasteiger partial charge in [-0.2, -0.15) is 0 Å². The van der Waals surface area contributed by atoms with Gasteiger partial charge in [-0.1, -0.05) is 58.7 Å². The fourth-order valence-corrected chi connectivity index (χ4v) is 3.35. The van der Waals surface area contributed by atoms with Crippen LogP contribution in [0.4, 0.5) is 0 Å². The summed E-state index contributed by atoms with van der Waals surface area (Å²) in [6.45, 7) is 3.92. The van der Waals surface area contributed by atoms with Crippen LogP contribution in [0.1, 0.15) is 29.5 Å². The minimum Gasteiger partial charge on any atom is -0.467 e. The van der Waals surface area contributed by atoms with Gasteiger partial charge in [0.05, 0.1) is 7.11 Å². The first-order valence-electron chi connectivity index (χ1n) is 7.10. The van der Waals surface area contributed by atoms with Crippen molar-refractivity contribution in [2.75, 3.05) is 7.11 Å². The fourth-order valence-electron chi connectivity index (χ4n) is 2.49. The molecule has 2 atom stereocenters. The van der Waals surface area contributed by atoms with E-state index in [9.17, 15) is 4.79 Å². The maximum absolute atomic E-state index is 12.5. The molecule has 5 heteroatoms. The highest BCUT2D eigenvalue weighted by molar-refractivity contribution is 9.10. The molecule has 122 valence electrons. The molecule has 0 aliphatic carbocycles. The smallest absolute Gasteiger partial charge is 0.332 e. The Hall–Kier alpha value is -1.03. The van der Waals surface area contributed by atoms with Crippen molar-refractivity contribution in [2.24, 2.45) is 0 Å². The Morgan fingerprint density at radius 2 is 1.83 bits per heavy atom. The van der Waals surface area contributed by atoms with Crippen LogP contribution >= 0.6 is 39.1 Å². The summed E-state index contributed by atoms with van der Waals surface area (Å²) >= 11 is 16.3. The van der Waals surface area contributed by atoms with Crippen LogP contribution in [0.15, 0.2) is 46.9 Å². The number of aryl methyl sites for hydroxylation is 1. The van der Waals surface area contributed by atoms with Crippen LogP contribution in [0.5, 0.6) is 0 Å². The van der Waals surface area contributed by atoms with Gasteiger partial charge in [0.1, 0.15) is 0 Å². The van der Waals surface area contributed by atoms with E-state index in [4.69, 9.17) is 27.9 Å². The van der Waals surface area contributed by atoms with Gasteiger partial charge in [-0.05, 0) is 41.8 Å². The molecule has 2 rings (SSSR count). The predicted molar refractivity (Wildman–Crippen MR) is 98.3 cm³/mol. The Kier molecular flexibility index (Phi) is 5.77. The van der Waals surface area contributed by atoms with E-state index in [2.05, 4.69) is 15.9 Å². The van der Waals surface area contributed by atoms with Crippen molar-refractivity contribution in [2.45, 2.75) is 24.6 Å². The molecule has 2 aromatic carbocycles. The summed E-state index contributed by atoms with van der Waals surface area (Å²) in [5, 5.41) is 0.586. The van der Waals surface area contributed by atoms with Gasteiger partial charge >= 0.3 is 5.97 Å². The highest BCUT2D eigenvalue weighted by atomic mass is 79.9. The van der Waals surface area contributed by atoms with Crippen LogP contribution in [-0.2, 0) is 14.4 Å². The topological polar surface area (TPSA) is 26.3 Å². The quantitative estimate of drug-likeness (QED) is 0.464. The lowest BCUT2D eigenvalue weighted by Crippen LogP contribution is -2.36. The number of methoxy groups -OCH3 is 1. The SMILES string of the molecule is COC(=O)C(Cl)(c1ccc(Cl)cc1)C(C)c1ccc(C)c(Br)c1. The van der Waals surface area contributed by atoms with Crippen molar-refractivity contribution < 1.29 is 9.53 Å². The molecule has 23 heavy (non-hydrogen) atoms. The fraction of sp³-hybridized carbons (Fsp3) is 0.278. The maximum Gasteiger partial charge on any atom is 0.332 e. The normalized spacial score (nSPS) is 14.9. The van der Waals surface area contributed by atoms with E-state index in [1.807, 2.05) is 32.0 Å². The zero-order valence-electron chi connectivity index (χ0n) is 13.1. The molecule has 0 bridgehead atoms. The number of carbonyl (C=O) groups excluding carboxylic acids is 1. The molecule has 0 heterocycles. The monoisotopic (exact) mass is 414 g/mol. The van der Waals surface area contributed by atoms with E-state index >= 15 is 0 Å². The number of ether oxygens (including phenoxy) is 1. The van der Waals surface area contributed by atoms with Gasteiger partial charge in [-0.25, -0.2) is 4.79 Å². The molecule has 0 spiro atoms. The van der Waals surface area contributed by atoms with Gasteiger partial charge in [0.15, 0.2) is 4.87 Å². The first-order valence-corrected chi connectivity index (χ1v) is 8.65. The van der Waals surface area contributed by atoms with Crippen molar-refractivity contribution in [3.05, 3.63) is 68.7 Å². The predicted octanol–water partition coefficient (Wildman–Crippen LogP) is 5.82. The van der Waals surface area contributed by atoms with Gasteiger partial charge in [0.25, 0.3) is 0 Å². The van der Waals surface area contributed by atoms with E-state index < -0.39 is 10.8 Å². The van der Waals surface area contributed by atoms with Gasteiger partial charge in [-0.15, -0.1) is 11.6 Å². The highest BCUT2D eigenvalue weighted by Crippen LogP contribution is 2.44. The van der Waals surface area contributed by atoms with Crippen LogP contribution < -0.4 is 0 Å². The lowest BCUT2D eigenvalue weighted by atomic mass is 9.81. The number of hydrogen-bond donors (Lipinski definition) is 0. The lowest BCUT2D eigenvalue weighted by molar-refractivity contribution is -0.144. The standard InChI is InChI=1S/C18H17BrCl2O2/c1-11-4-5-13(10-16(11)19)12(2)18(21,17(22)23-3)14-6-8-15(20)9-7-14/h4-10,12H,1-3H3. The molecule has 0 saturated heterocycles. The van der Waals surface area contributed by atoms with Gasteiger partial charge in [0.2, 0.25) is 0 Å². The molecule has 0 aliphatic rings. The maximum atomic E-state index is 12.5. The third kappa shape index (κ3) is 3.57. The average Bonchev–Trinajstić information content (AvgIpc) is 2.55. The first-order chi connectivity index (χ1) is 10.8. The number of alkyl halides is 1. The van der Waals surface area contributed by atoms with Crippen LogP contribution in [0.25, 0.3) is 0 Å². The summed E-state index contributed by atoms with van der Waals surface area (Å²) in [6, 6.07) is 12.9.